The number of rotatable bonds is 5. The third-order valence-corrected chi connectivity index (χ3v) is 2.62. The summed E-state index contributed by atoms with van der Waals surface area (Å²) in [6, 6.07) is 9.94. The fourth-order valence-corrected chi connectivity index (χ4v) is 1.65. The van der Waals surface area contributed by atoms with Gasteiger partial charge < -0.3 is 9.47 Å². The van der Waals surface area contributed by atoms with Gasteiger partial charge in [-0.2, -0.15) is 0 Å². The van der Waals surface area contributed by atoms with Crippen molar-refractivity contribution in [1.29, 1.82) is 0 Å². The Morgan fingerprint density at radius 1 is 1.15 bits per heavy atom. The zero-order valence-electron chi connectivity index (χ0n) is 10.7. The molecule has 0 aliphatic heterocycles. The maximum Gasteiger partial charge on any atom is 0.273 e. The Balaban J connectivity index is 2.14. The minimum atomic E-state index is -0.496. The summed E-state index contributed by atoms with van der Waals surface area (Å²) < 4.78 is 23.2. The first-order valence-corrected chi connectivity index (χ1v) is 5.79. The van der Waals surface area contributed by atoms with Gasteiger partial charge in [0.2, 0.25) is 0 Å². The molecule has 0 saturated carbocycles. The third-order valence-electron chi connectivity index (χ3n) is 2.62. The van der Waals surface area contributed by atoms with E-state index < -0.39 is 4.92 Å². The lowest BCUT2D eigenvalue weighted by Gasteiger charge is -2.08. The summed E-state index contributed by atoms with van der Waals surface area (Å²) in [5.41, 5.74) is 0.530. The molecule has 20 heavy (non-hydrogen) atoms. The van der Waals surface area contributed by atoms with E-state index in [-0.39, 0.29) is 18.1 Å². The summed E-state index contributed by atoms with van der Waals surface area (Å²) in [7, 11) is 1.43. The lowest BCUT2D eigenvalue weighted by atomic mass is 10.2. The van der Waals surface area contributed by atoms with Crippen LogP contribution in [-0.4, -0.2) is 12.0 Å². The van der Waals surface area contributed by atoms with Crippen LogP contribution in [-0.2, 0) is 6.61 Å². The van der Waals surface area contributed by atoms with E-state index in [1.807, 2.05) is 0 Å². The van der Waals surface area contributed by atoms with Crippen LogP contribution in [0.4, 0.5) is 10.1 Å². The van der Waals surface area contributed by atoms with Crippen molar-refractivity contribution >= 4 is 5.69 Å². The molecule has 104 valence electrons. The lowest BCUT2D eigenvalue weighted by Crippen LogP contribution is -1.98. The van der Waals surface area contributed by atoms with Crippen molar-refractivity contribution in [1.82, 2.24) is 0 Å². The number of nitrogens with zero attached hydrogens (tertiary/aromatic N) is 1. The molecule has 0 aliphatic rings. The highest BCUT2D eigenvalue weighted by Gasteiger charge is 2.10. The first-order valence-electron chi connectivity index (χ1n) is 5.79. The molecule has 2 aromatic carbocycles. The van der Waals surface area contributed by atoms with Crippen molar-refractivity contribution in [2.24, 2.45) is 0 Å². The van der Waals surface area contributed by atoms with Crippen molar-refractivity contribution in [3.8, 4) is 11.5 Å². The number of hydrogen-bond acceptors (Lipinski definition) is 4. The van der Waals surface area contributed by atoms with E-state index in [9.17, 15) is 14.5 Å². The Morgan fingerprint density at radius 2 is 1.85 bits per heavy atom. The number of nitro groups is 1. The highest BCUT2D eigenvalue weighted by atomic mass is 19.1. The van der Waals surface area contributed by atoms with E-state index in [0.717, 1.165) is 0 Å². The van der Waals surface area contributed by atoms with Gasteiger partial charge in [-0.25, -0.2) is 4.39 Å². The maximum absolute atomic E-state index is 12.7. The van der Waals surface area contributed by atoms with Crippen LogP contribution in [0.5, 0.6) is 11.5 Å². The molecule has 2 aromatic rings. The molecular formula is C14H12FNO4. The van der Waals surface area contributed by atoms with Crippen molar-refractivity contribution < 1.29 is 18.8 Å². The van der Waals surface area contributed by atoms with Crippen molar-refractivity contribution in [3.63, 3.8) is 0 Å². The topological polar surface area (TPSA) is 61.6 Å². The Bertz CT molecular complexity index is 613. The second-order valence-corrected chi connectivity index (χ2v) is 4.04. The van der Waals surface area contributed by atoms with Gasteiger partial charge in [-0.3, -0.25) is 10.1 Å². The average Bonchev–Trinajstić information content (AvgIpc) is 2.46. The van der Waals surface area contributed by atoms with Crippen LogP contribution >= 0.6 is 0 Å². The summed E-state index contributed by atoms with van der Waals surface area (Å²) in [6.45, 7) is 0.129. The number of non-ortho nitro benzene ring substituents is 1. The van der Waals surface area contributed by atoms with E-state index in [1.165, 1.54) is 43.5 Å². The monoisotopic (exact) mass is 277 g/mol. The largest absolute Gasteiger partial charge is 0.496 e. The molecule has 0 radical (unpaired) electrons. The molecule has 0 spiro atoms. The number of ether oxygens (including phenoxy) is 2. The van der Waals surface area contributed by atoms with Crippen molar-refractivity contribution in [3.05, 3.63) is 64.0 Å². The Kier molecular flexibility index (Phi) is 4.14. The van der Waals surface area contributed by atoms with E-state index in [0.29, 0.717) is 17.1 Å². The predicted octanol–water partition coefficient (Wildman–Crippen LogP) is 3.32. The number of benzene rings is 2. The van der Waals surface area contributed by atoms with Gasteiger partial charge >= 0.3 is 0 Å². The van der Waals surface area contributed by atoms with E-state index in [1.54, 1.807) is 6.07 Å². The highest BCUT2D eigenvalue weighted by Crippen LogP contribution is 2.23. The van der Waals surface area contributed by atoms with Crippen LogP contribution in [0, 0.1) is 15.9 Å². The summed E-state index contributed by atoms with van der Waals surface area (Å²) in [5.74, 6) is 0.517. The number of hydrogen-bond donors (Lipinski definition) is 0. The molecule has 0 saturated heterocycles. The molecule has 0 atom stereocenters. The van der Waals surface area contributed by atoms with Crippen molar-refractivity contribution in [2.75, 3.05) is 7.11 Å². The zero-order chi connectivity index (χ0) is 14.5. The molecule has 0 bridgehead atoms. The van der Waals surface area contributed by atoms with Gasteiger partial charge in [0, 0.05) is 6.07 Å². The number of halogens is 1. The third kappa shape index (κ3) is 3.44. The number of nitro benzene ring substituents is 1. The fraction of sp³-hybridized carbons (Fsp3) is 0.143. The van der Waals surface area contributed by atoms with Gasteiger partial charge in [0.25, 0.3) is 5.69 Å². The molecule has 6 heteroatoms. The molecule has 0 unspecified atom stereocenters. The Labute approximate surface area is 114 Å². The van der Waals surface area contributed by atoms with Gasteiger partial charge in [-0.1, -0.05) is 0 Å². The van der Waals surface area contributed by atoms with E-state index in [4.69, 9.17) is 9.47 Å². The van der Waals surface area contributed by atoms with Gasteiger partial charge in [0.1, 0.15) is 23.9 Å². The summed E-state index contributed by atoms with van der Waals surface area (Å²) >= 11 is 0. The quantitative estimate of drug-likeness (QED) is 0.621. The summed E-state index contributed by atoms with van der Waals surface area (Å²) in [5, 5.41) is 10.8. The van der Waals surface area contributed by atoms with Gasteiger partial charge in [-0.15, -0.1) is 0 Å². The van der Waals surface area contributed by atoms with Crippen LogP contribution < -0.4 is 9.47 Å². The number of methoxy groups -OCH3 is 1. The fourth-order valence-electron chi connectivity index (χ4n) is 1.65. The molecule has 0 heterocycles. The summed E-state index contributed by atoms with van der Waals surface area (Å²) in [6.07, 6.45) is 0. The van der Waals surface area contributed by atoms with E-state index in [2.05, 4.69) is 0 Å². The lowest BCUT2D eigenvalue weighted by molar-refractivity contribution is -0.385. The first-order chi connectivity index (χ1) is 9.58. The van der Waals surface area contributed by atoms with Gasteiger partial charge in [0.15, 0.2) is 0 Å². The van der Waals surface area contributed by atoms with Gasteiger partial charge in [-0.05, 0) is 35.9 Å². The standard InChI is InChI=1S/C14H12FNO4/c1-19-14-7-10(6-12(8-14)16(17)18)9-20-13-4-2-11(15)3-5-13/h2-8H,9H2,1H3. The summed E-state index contributed by atoms with van der Waals surface area (Å²) in [4.78, 5) is 10.3. The normalized spacial score (nSPS) is 10.1. The SMILES string of the molecule is COc1cc(COc2ccc(F)cc2)cc([N+](=O)[O-])c1. The minimum Gasteiger partial charge on any atom is -0.496 e. The predicted molar refractivity (Wildman–Crippen MR) is 70.4 cm³/mol. The first kappa shape index (κ1) is 13.8. The van der Waals surface area contributed by atoms with E-state index >= 15 is 0 Å². The van der Waals surface area contributed by atoms with Crippen LogP contribution in [0.3, 0.4) is 0 Å². The molecular weight excluding hydrogens is 265 g/mol. The second-order valence-electron chi connectivity index (χ2n) is 4.04. The second kappa shape index (κ2) is 6.01. The molecule has 0 fully saturated rings. The van der Waals surface area contributed by atoms with Crippen LogP contribution in [0.25, 0.3) is 0 Å². The maximum atomic E-state index is 12.7. The van der Waals surface area contributed by atoms with Crippen molar-refractivity contribution in [2.45, 2.75) is 6.61 Å². The molecule has 0 aromatic heterocycles. The molecule has 0 aliphatic carbocycles. The molecule has 2 rings (SSSR count). The molecule has 0 amide bonds. The smallest absolute Gasteiger partial charge is 0.273 e. The van der Waals surface area contributed by atoms with Crippen LogP contribution in [0.15, 0.2) is 42.5 Å². The Hall–Kier alpha value is -2.63. The molecule has 5 nitrogen and oxygen atoms in total. The highest BCUT2D eigenvalue weighted by molar-refractivity contribution is 5.42. The Morgan fingerprint density at radius 3 is 2.45 bits per heavy atom. The van der Waals surface area contributed by atoms with Gasteiger partial charge in [0.05, 0.1) is 18.1 Å². The van der Waals surface area contributed by atoms with Crippen LogP contribution in [0.1, 0.15) is 5.56 Å². The van der Waals surface area contributed by atoms with Crippen LogP contribution in [0.2, 0.25) is 0 Å². The minimum absolute atomic E-state index is 0.0675. The molecule has 0 N–H and O–H groups in total. The average molecular weight is 277 g/mol. The zero-order valence-corrected chi connectivity index (χ0v) is 10.7.